The highest BCUT2D eigenvalue weighted by Gasteiger charge is 2.27. The molecule has 0 radical (unpaired) electrons. The van der Waals surface area contributed by atoms with Gasteiger partial charge >= 0.3 is 5.97 Å². The van der Waals surface area contributed by atoms with E-state index in [9.17, 15) is 14.4 Å². The average molecular weight is 493 g/mol. The number of hydrogen-bond acceptors (Lipinski definition) is 4. The summed E-state index contributed by atoms with van der Waals surface area (Å²) in [5.74, 6) is -1.13. The Morgan fingerprint density at radius 2 is 1.61 bits per heavy atom. The molecular weight excluding hydrogens is 467 g/mol. The van der Waals surface area contributed by atoms with Crippen molar-refractivity contribution in [3.05, 3.63) is 63.1 Å². The molecule has 0 unspecified atom stereocenters. The molecule has 9 heteroatoms. The van der Waals surface area contributed by atoms with E-state index in [0.29, 0.717) is 47.6 Å². The molecule has 0 bridgehead atoms. The van der Waals surface area contributed by atoms with Crippen LogP contribution in [-0.4, -0.2) is 42.1 Å². The number of carbonyl (C=O) groups is 3. The molecular formula is C24H26Cl2N2O5. The molecule has 0 aromatic heterocycles. The molecule has 0 aliphatic heterocycles. The van der Waals surface area contributed by atoms with Gasteiger partial charge < -0.3 is 20.5 Å². The Kier molecular flexibility index (Phi) is 8.58. The summed E-state index contributed by atoms with van der Waals surface area (Å²) >= 11 is 12.3. The number of rotatable bonds is 8. The van der Waals surface area contributed by atoms with Gasteiger partial charge in [-0.25, -0.2) is 0 Å². The number of aryl methyl sites for hydroxylation is 1. The monoisotopic (exact) mass is 492 g/mol. The number of aliphatic carboxylic acids is 1. The third kappa shape index (κ3) is 6.85. The highest BCUT2D eigenvalue weighted by atomic mass is 35.5. The van der Waals surface area contributed by atoms with Crippen LogP contribution in [0.3, 0.4) is 0 Å². The van der Waals surface area contributed by atoms with Gasteiger partial charge in [0.1, 0.15) is 5.75 Å². The third-order valence-electron chi connectivity index (χ3n) is 5.63. The molecule has 0 spiro atoms. The number of carboxylic acid groups (broad SMARTS) is 1. The first kappa shape index (κ1) is 24.9. The molecule has 1 aliphatic rings. The number of carboxylic acids is 1. The van der Waals surface area contributed by atoms with E-state index in [1.54, 1.807) is 36.4 Å². The summed E-state index contributed by atoms with van der Waals surface area (Å²) in [4.78, 5) is 35.7. The third-order valence-corrected chi connectivity index (χ3v) is 6.36. The van der Waals surface area contributed by atoms with E-state index in [-0.39, 0.29) is 41.9 Å². The van der Waals surface area contributed by atoms with Crippen molar-refractivity contribution in [3.8, 4) is 5.75 Å². The summed E-state index contributed by atoms with van der Waals surface area (Å²) in [7, 11) is 0. The Morgan fingerprint density at radius 3 is 2.21 bits per heavy atom. The lowest BCUT2D eigenvalue weighted by atomic mass is 9.87. The maximum Gasteiger partial charge on any atom is 0.306 e. The highest BCUT2D eigenvalue weighted by Crippen LogP contribution is 2.29. The van der Waals surface area contributed by atoms with Gasteiger partial charge in [-0.15, -0.1) is 0 Å². The number of carbonyl (C=O) groups excluding carboxylic acids is 2. The molecule has 1 fully saturated rings. The number of benzene rings is 2. The highest BCUT2D eigenvalue weighted by molar-refractivity contribution is 6.34. The topological polar surface area (TPSA) is 105 Å². The summed E-state index contributed by atoms with van der Waals surface area (Å²) in [6, 6.07) is 9.87. The second-order valence-corrected chi connectivity index (χ2v) is 8.86. The molecule has 2 aromatic rings. The van der Waals surface area contributed by atoms with Gasteiger partial charge in [0.2, 0.25) is 0 Å². The van der Waals surface area contributed by atoms with Gasteiger partial charge in [-0.2, -0.15) is 0 Å². The van der Waals surface area contributed by atoms with Gasteiger partial charge in [0.15, 0.2) is 0 Å². The zero-order valence-electron chi connectivity index (χ0n) is 18.2. The number of ether oxygens (including phenoxy) is 1. The fourth-order valence-corrected chi connectivity index (χ4v) is 4.08. The predicted molar refractivity (Wildman–Crippen MR) is 126 cm³/mol. The van der Waals surface area contributed by atoms with Crippen LogP contribution in [0.4, 0.5) is 0 Å². The molecule has 7 nitrogen and oxygen atoms in total. The summed E-state index contributed by atoms with van der Waals surface area (Å²) in [5.41, 5.74) is 1.61. The van der Waals surface area contributed by atoms with Crippen molar-refractivity contribution in [2.24, 2.45) is 5.92 Å². The lowest BCUT2D eigenvalue weighted by Gasteiger charge is -2.26. The molecule has 2 amide bonds. The number of halogens is 2. The molecule has 3 N–H and O–H groups in total. The van der Waals surface area contributed by atoms with Crippen molar-refractivity contribution in [2.45, 2.75) is 38.7 Å². The van der Waals surface area contributed by atoms with E-state index in [1.807, 2.05) is 6.92 Å². The predicted octanol–water partition coefficient (Wildman–Crippen LogP) is 4.48. The first-order valence-corrected chi connectivity index (χ1v) is 11.5. The SMILES string of the molecule is Cc1cc(C(=O)NCCNC(=O)c2ccc(O[C@H]3CC[C@@H](C(=O)O)CC3)cc2Cl)ccc1Cl. The van der Waals surface area contributed by atoms with Crippen LogP contribution in [0, 0.1) is 12.8 Å². The van der Waals surface area contributed by atoms with E-state index < -0.39 is 5.97 Å². The van der Waals surface area contributed by atoms with Gasteiger partial charge in [-0.1, -0.05) is 23.2 Å². The molecule has 2 aromatic carbocycles. The Morgan fingerprint density at radius 1 is 0.939 bits per heavy atom. The zero-order valence-corrected chi connectivity index (χ0v) is 19.7. The van der Waals surface area contributed by atoms with Crippen molar-refractivity contribution in [1.82, 2.24) is 10.6 Å². The maximum absolute atomic E-state index is 12.4. The Labute approximate surface area is 202 Å². The van der Waals surface area contributed by atoms with Gasteiger partial charge in [-0.05, 0) is 74.6 Å². The van der Waals surface area contributed by atoms with Gasteiger partial charge in [0.25, 0.3) is 11.8 Å². The summed E-state index contributed by atoms with van der Waals surface area (Å²) < 4.78 is 5.92. The summed E-state index contributed by atoms with van der Waals surface area (Å²) in [6.07, 6.45) is 2.44. The van der Waals surface area contributed by atoms with Crippen molar-refractivity contribution in [3.63, 3.8) is 0 Å². The average Bonchev–Trinajstić information content (AvgIpc) is 2.78. The lowest BCUT2D eigenvalue weighted by molar-refractivity contribution is -0.143. The second-order valence-electron chi connectivity index (χ2n) is 8.05. The van der Waals surface area contributed by atoms with Crippen LogP contribution in [0.25, 0.3) is 0 Å². The van der Waals surface area contributed by atoms with Crippen molar-refractivity contribution in [2.75, 3.05) is 13.1 Å². The van der Waals surface area contributed by atoms with Crippen molar-refractivity contribution in [1.29, 1.82) is 0 Å². The Hall–Kier alpha value is -2.77. The fourth-order valence-electron chi connectivity index (χ4n) is 3.71. The number of amides is 2. The quantitative estimate of drug-likeness (QED) is 0.471. The van der Waals surface area contributed by atoms with Gasteiger partial charge in [0.05, 0.1) is 22.6 Å². The van der Waals surface area contributed by atoms with Gasteiger partial charge in [-0.3, -0.25) is 14.4 Å². The van der Waals surface area contributed by atoms with E-state index >= 15 is 0 Å². The minimum absolute atomic E-state index is 0.0654. The summed E-state index contributed by atoms with van der Waals surface area (Å²) in [5, 5.41) is 15.4. The van der Waals surface area contributed by atoms with Crippen LogP contribution < -0.4 is 15.4 Å². The number of nitrogens with one attached hydrogen (secondary N) is 2. The molecule has 1 saturated carbocycles. The van der Waals surface area contributed by atoms with Crippen LogP contribution in [0.2, 0.25) is 10.0 Å². The van der Waals surface area contributed by atoms with Crippen molar-refractivity contribution >= 4 is 41.0 Å². The summed E-state index contributed by atoms with van der Waals surface area (Å²) in [6.45, 7) is 2.31. The molecule has 3 rings (SSSR count). The standard InChI is InChI=1S/C24H26Cl2N2O5/c1-14-12-16(4-9-20(14)25)22(29)27-10-11-28-23(30)19-8-7-18(13-21(19)26)33-17-5-2-15(3-6-17)24(31)32/h4,7-9,12-13,15,17H,2-3,5-6,10-11H2,1H3,(H,27,29)(H,28,30)(H,31,32)/t15-,17+. The molecule has 1 aliphatic carbocycles. The molecule has 0 saturated heterocycles. The van der Waals surface area contributed by atoms with E-state index in [2.05, 4.69) is 10.6 Å². The maximum atomic E-state index is 12.4. The van der Waals surface area contributed by atoms with E-state index in [4.69, 9.17) is 33.0 Å². The van der Waals surface area contributed by atoms with Crippen LogP contribution in [0.5, 0.6) is 5.75 Å². The fraction of sp³-hybridized carbons (Fsp3) is 0.375. The first-order valence-electron chi connectivity index (χ1n) is 10.8. The Balaban J connectivity index is 1.45. The van der Waals surface area contributed by atoms with Crippen LogP contribution >= 0.6 is 23.2 Å². The first-order chi connectivity index (χ1) is 15.7. The van der Waals surface area contributed by atoms with Gasteiger partial charge in [0, 0.05) is 23.7 Å². The minimum atomic E-state index is -0.758. The molecule has 0 heterocycles. The smallest absolute Gasteiger partial charge is 0.306 e. The number of hydrogen-bond donors (Lipinski definition) is 3. The van der Waals surface area contributed by atoms with Crippen LogP contribution in [-0.2, 0) is 4.79 Å². The van der Waals surface area contributed by atoms with E-state index in [1.165, 1.54) is 0 Å². The van der Waals surface area contributed by atoms with Crippen LogP contribution in [0.1, 0.15) is 52.0 Å². The largest absolute Gasteiger partial charge is 0.490 e. The second kappa shape index (κ2) is 11.4. The van der Waals surface area contributed by atoms with E-state index in [0.717, 1.165) is 5.56 Å². The molecule has 33 heavy (non-hydrogen) atoms. The molecule has 0 atom stereocenters. The van der Waals surface area contributed by atoms with Crippen LogP contribution in [0.15, 0.2) is 36.4 Å². The minimum Gasteiger partial charge on any atom is -0.490 e. The zero-order chi connectivity index (χ0) is 24.0. The Bertz CT molecular complexity index is 1040. The normalized spacial score (nSPS) is 17.8. The molecule has 176 valence electrons. The lowest BCUT2D eigenvalue weighted by Crippen LogP contribution is -2.34. The van der Waals surface area contributed by atoms with Crippen molar-refractivity contribution < 1.29 is 24.2 Å².